The summed E-state index contributed by atoms with van der Waals surface area (Å²) < 4.78 is 11.1. The van der Waals surface area contributed by atoms with E-state index in [1.807, 2.05) is 18.2 Å². The Kier molecular flexibility index (Phi) is 3.80. The maximum absolute atomic E-state index is 11.6. The van der Waals surface area contributed by atoms with Crippen molar-refractivity contribution in [3.05, 3.63) is 22.7 Å². The number of carbonyl (C=O) groups excluding carboxylic acids is 1. The molecule has 0 aromatic heterocycles. The molecule has 0 bridgehead atoms. The summed E-state index contributed by atoms with van der Waals surface area (Å²) in [4.78, 5) is 11.6. The molecule has 98 valence electrons. The van der Waals surface area contributed by atoms with E-state index in [0.717, 1.165) is 28.8 Å². The van der Waals surface area contributed by atoms with Gasteiger partial charge in [-0.25, -0.2) is 0 Å². The molecule has 1 aliphatic carbocycles. The Morgan fingerprint density at radius 1 is 1.44 bits per heavy atom. The minimum absolute atomic E-state index is 0.135. The lowest BCUT2D eigenvalue weighted by Gasteiger charge is -2.16. The Morgan fingerprint density at radius 2 is 2.17 bits per heavy atom. The van der Waals surface area contributed by atoms with Crippen LogP contribution in [0.4, 0.5) is 5.69 Å². The highest BCUT2D eigenvalue weighted by molar-refractivity contribution is 9.10. The quantitative estimate of drug-likeness (QED) is 0.849. The number of halogens is 1. The van der Waals surface area contributed by atoms with Crippen molar-refractivity contribution in [2.24, 2.45) is 5.41 Å². The number of methoxy groups -OCH3 is 2. The van der Waals surface area contributed by atoms with Gasteiger partial charge in [-0.15, -0.1) is 0 Å². The summed E-state index contributed by atoms with van der Waals surface area (Å²) in [6.07, 6.45) is 1.76. The molecule has 1 fully saturated rings. The first-order valence-corrected chi connectivity index (χ1v) is 6.56. The highest BCUT2D eigenvalue weighted by atomic mass is 79.9. The van der Waals surface area contributed by atoms with Crippen LogP contribution in [0.15, 0.2) is 22.7 Å². The maximum Gasteiger partial charge on any atom is 0.313 e. The van der Waals surface area contributed by atoms with Gasteiger partial charge in [0, 0.05) is 11.0 Å². The zero-order valence-corrected chi connectivity index (χ0v) is 12.0. The minimum Gasteiger partial charge on any atom is -0.495 e. The second-order valence-electron chi connectivity index (χ2n) is 4.47. The second kappa shape index (κ2) is 5.18. The summed E-state index contributed by atoms with van der Waals surface area (Å²) in [5.74, 6) is 0.628. The Bertz CT molecular complexity index is 458. The van der Waals surface area contributed by atoms with E-state index in [0.29, 0.717) is 6.54 Å². The van der Waals surface area contributed by atoms with E-state index in [1.165, 1.54) is 7.11 Å². The van der Waals surface area contributed by atoms with Crippen LogP contribution < -0.4 is 10.1 Å². The van der Waals surface area contributed by atoms with E-state index in [4.69, 9.17) is 9.47 Å². The van der Waals surface area contributed by atoms with Gasteiger partial charge < -0.3 is 14.8 Å². The summed E-state index contributed by atoms with van der Waals surface area (Å²) in [5.41, 5.74) is 0.532. The number of rotatable bonds is 5. The van der Waals surface area contributed by atoms with Crippen molar-refractivity contribution in [1.82, 2.24) is 0 Å². The fraction of sp³-hybridized carbons (Fsp3) is 0.462. The molecular formula is C13H16BrNO3. The van der Waals surface area contributed by atoms with Crippen LogP contribution >= 0.6 is 15.9 Å². The molecule has 5 heteroatoms. The van der Waals surface area contributed by atoms with E-state index >= 15 is 0 Å². The molecule has 1 saturated carbocycles. The SMILES string of the molecule is COC(=O)C1(CNc2cc(Br)ccc2OC)CC1. The Morgan fingerprint density at radius 3 is 2.72 bits per heavy atom. The van der Waals surface area contributed by atoms with Crippen molar-refractivity contribution in [3.8, 4) is 5.75 Å². The molecule has 1 aromatic rings. The molecule has 1 N–H and O–H groups in total. The minimum atomic E-state index is -0.345. The predicted octanol–water partition coefficient (Wildman–Crippen LogP) is 2.82. The number of hydrogen-bond acceptors (Lipinski definition) is 4. The molecule has 1 aliphatic rings. The summed E-state index contributed by atoms with van der Waals surface area (Å²) in [6, 6.07) is 5.73. The maximum atomic E-state index is 11.6. The molecule has 18 heavy (non-hydrogen) atoms. The predicted molar refractivity (Wildman–Crippen MR) is 72.9 cm³/mol. The summed E-state index contributed by atoms with van der Waals surface area (Å²) >= 11 is 3.42. The van der Waals surface area contributed by atoms with Crippen LogP contribution in [0.5, 0.6) is 5.75 Å². The van der Waals surface area contributed by atoms with Crippen molar-refractivity contribution < 1.29 is 14.3 Å². The number of nitrogens with one attached hydrogen (secondary N) is 1. The van der Waals surface area contributed by atoms with E-state index in [-0.39, 0.29) is 11.4 Å². The normalized spacial score (nSPS) is 15.9. The van der Waals surface area contributed by atoms with Gasteiger partial charge in [-0.3, -0.25) is 4.79 Å². The smallest absolute Gasteiger partial charge is 0.313 e. The lowest BCUT2D eigenvalue weighted by molar-refractivity contribution is -0.146. The fourth-order valence-electron chi connectivity index (χ4n) is 1.90. The third-order valence-corrected chi connectivity index (χ3v) is 3.74. The number of anilines is 1. The first kappa shape index (κ1) is 13.2. The molecule has 0 saturated heterocycles. The van der Waals surface area contributed by atoms with Crippen molar-refractivity contribution >= 4 is 27.6 Å². The number of hydrogen-bond donors (Lipinski definition) is 1. The van der Waals surface area contributed by atoms with Gasteiger partial charge in [-0.1, -0.05) is 15.9 Å². The van der Waals surface area contributed by atoms with Crippen molar-refractivity contribution in [3.63, 3.8) is 0 Å². The highest BCUT2D eigenvalue weighted by Crippen LogP contribution is 2.47. The van der Waals surface area contributed by atoms with Crippen LogP contribution in [0, 0.1) is 5.41 Å². The molecule has 0 heterocycles. The summed E-state index contributed by atoms with van der Waals surface area (Å²) in [7, 11) is 3.06. The van der Waals surface area contributed by atoms with Gasteiger partial charge in [-0.05, 0) is 31.0 Å². The lowest BCUT2D eigenvalue weighted by Crippen LogP contribution is -2.26. The molecule has 0 unspecified atom stereocenters. The monoisotopic (exact) mass is 313 g/mol. The van der Waals surface area contributed by atoms with E-state index < -0.39 is 0 Å². The van der Waals surface area contributed by atoms with E-state index in [9.17, 15) is 4.79 Å². The Balaban J connectivity index is 2.06. The molecule has 0 radical (unpaired) electrons. The number of ether oxygens (including phenoxy) is 2. The molecular weight excluding hydrogens is 298 g/mol. The van der Waals surface area contributed by atoms with Gasteiger partial charge in [0.15, 0.2) is 0 Å². The van der Waals surface area contributed by atoms with Crippen molar-refractivity contribution in [2.75, 3.05) is 26.1 Å². The topological polar surface area (TPSA) is 47.6 Å². The first-order valence-electron chi connectivity index (χ1n) is 5.77. The summed E-state index contributed by atoms with van der Waals surface area (Å²) in [6.45, 7) is 0.576. The van der Waals surface area contributed by atoms with Crippen molar-refractivity contribution in [2.45, 2.75) is 12.8 Å². The number of esters is 1. The number of carbonyl (C=O) groups is 1. The molecule has 0 spiro atoms. The Hall–Kier alpha value is -1.23. The van der Waals surface area contributed by atoms with E-state index in [2.05, 4.69) is 21.2 Å². The Labute approximate surface area is 115 Å². The average molecular weight is 314 g/mol. The molecule has 4 nitrogen and oxygen atoms in total. The third-order valence-electron chi connectivity index (χ3n) is 3.25. The van der Waals surface area contributed by atoms with Gasteiger partial charge in [0.1, 0.15) is 5.75 Å². The molecule has 1 aromatic carbocycles. The standard InChI is InChI=1S/C13H16BrNO3/c1-17-11-4-3-9(14)7-10(11)15-8-13(5-6-13)12(16)18-2/h3-4,7,15H,5-6,8H2,1-2H3. The molecule has 2 rings (SSSR count). The van der Waals surface area contributed by atoms with Gasteiger partial charge in [0.05, 0.1) is 25.3 Å². The molecule has 0 amide bonds. The van der Waals surface area contributed by atoms with Gasteiger partial charge in [-0.2, -0.15) is 0 Å². The van der Waals surface area contributed by atoms with Crippen LogP contribution in [-0.2, 0) is 9.53 Å². The molecule has 0 atom stereocenters. The highest BCUT2D eigenvalue weighted by Gasteiger charge is 2.50. The second-order valence-corrected chi connectivity index (χ2v) is 5.39. The van der Waals surface area contributed by atoms with Gasteiger partial charge in [0.2, 0.25) is 0 Å². The van der Waals surface area contributed by atoms with Gasteiger partial charge >= 0.3 is 5.97 Å². The third kappa shape index (κ3) is 2.61. The van der Waals surface area contributed by atoms with Gasteiger partial charge in [0.25, 0.3) is 0 Å². The van der Waals surface area contributed by atoms with Crippen molar-refractivity contribution in [1.29, 1.82) is 0 Å². The van der Waals surface area contributed by atoms with E-state index in [1.54, 1.807) is 7.11 Å². The number of benzene rings is 1. The zero-order valence-electron chi connectivity index (χ0n) is 10.5. The van der Waals surface area contributed by atoms with Crippen LogP contribution in [0.3, 0.4) is 0 Å². The fourth-order valence-corrected chi connectivity index (χ4v) is 2.26. The van der Waals surface area contributed by atoms with Crippen LogP contribution in [0.25, 0.3) is 0 Å². The van der Waals surface area contributed by atoms with Crippen LogP contribution in [0.1, 0.15) is 12.8 Å². The van der Waals surface area contributed by atoms with Crippen LogP contribution in [-0.4, -0.2) is 26.7 Å². The summed E-state index contributed by atoms with van der Waals surface area (Å²) in [5, 5.41) is 3.27. The largest absolute Gasteiger partial charge is 0.495 e. The molecule has 0 aliphatic heterocycles. The first-order chi connectivity index (χ1) is 8.61. The zero-order chi connectivity index (χ0) is 13.2. The lowest BCUT2D eigenvalue weighted by atomic mass is 10.1. The average Bonchev–Trinajstić information content (AvgIpc) is 3.17. The van der Waals surface area contributed by atoms with Crippen LogP contribution in [0.2, 0.25) is 0 Å².